The number of hydrogen-bond donors (Lipinski definition) is 0. The SMILES string of the molecule is O=C(C1=C[C@@H]2[C@H]3C(=O)N(c4ccc(Br)cc4)C(=O)[C@@H]3[C@H](C(=O)c3ccc(Br)cc3)N2C=C1)c1ccccc1. The molecule has 2 amide bonds. The fraction of sp³-hybridized carbons (Fsp3) is 0.133. The molecule has 0 unspecified atom stereocenters. The predicted molar refractivity (Wildman–Crippen MR) is 149 cm³/mol. The van der Waals surface area contributed by atoms with Gasteiger partial charge in [0.05, 0.1) is 23.6 Å². The standard InChI is InChI=1S/C30H20Br2N2O4/c31-20-8-6-18(7-9-20)28(36)26-25-24(29(37)34(30(25)38)22-12-10-21(32)11-13-22)23-16-19(14-15-33(23)26)27(35)17-4-2-1-3-5-17/h1-16,23-26H/t23-,24-,25+,26-/m1/s1. The van der Waals surface area contributed by atoms with Crippen LogP contribution in [-0.4, -0.2) is 40.4 Å². The van der Waals surface area contributed by atoms with E-state index < -0.39 is 29.8 Å². The van der Waals surface area contributed by atoms with E-state index in [1.165, 1.54) is 4.90 Å². The molecular weight excluding hydrogens is 612 g/mol. The van der Waals surface area contributed by atoms with Crippen LogP contribution in [-0.2, 0) is 9.59 Å². The van der Waals surface area contributed by atoms with Crippen LogP contribution in [0.1, 0.15) is 20.7 Å². The van der Waals surface area contributed by atoms with Crippen molar-refractivity contribution in [1.82, 2.24) is 4.90 Å². The molecule has 0 radical (unpaired) electrons. The summed E-state index contributed by atoms with van der Waals surface area (Å²) in [4.78, 5) is 57.8. The van der Waals surface area contributed by atoms with Gasteiger partial charge >= 0.3 is 0 Å². The van der Waals surface area contributed by atoms with Gasteiger partial charge in [-0.3, -0.25) is 19.2 Å². The predicted octanol–water partition coefficient (Wildman–Crippen LogP) is 5.59. The third-order valence-electron chi connectivity index (χ3n) is 7.33. The number of anilines is 1. The van der Waals surface area contributed by atoms with Crippen molar-refractivity contribution in [3.8, 4) is 0 Å². The molecule has 3 aliphatic heterocycles. The fourth-order valence-electron chi connectivity index (χ4n) is 5.58. The van der Waals surface area contributed by atoms with Crippen molar-refractivity contribution in [2.45, 2.75) is 12.1 Å². The Bertz CT molecular complexity index is 1530. The van der Waals surface area contributed by atoms with E-state index in [-0.39, 0.29) is 17.5 Å². The zero-order valence-electron chi connectivity index (χ0n) is 19.8. The second-order valence-corrected chi connectivity index (χ2v) is 11.3. The molecule has 0 N–H and O–H groups in total. The zero-order valence-corrected chi connectivity index (χ0v) is 23.0. The van der Waals surface area contributed by atoms with Crippen LogP contribution in [0, 0.1) is 11.8 Å². The van der Waals surface area contributed by atoms with Gasteiger partial charge in [-0.25, -0.2) is 4.90 Å². The number of rotatable bonds is 5. The van der Waals surface area contributed by atoms with Crippen LogP contribution in [0.15, 0.2) is 112 Å². The van der Waals surface area contributed by atoms with Crippen molar-refractivity contribution < 1.29 is 19.2 Å². The molecule has 3 aromatic rings. The van der Waals surface area contributed by atoms with Crippen molar-refractivity contribution in [3.05, 3.63) is 123 Å². The van der Waals surface area contributed by atoms with Gasteiger partial charge in [0.15, 0.2) is 11.6 Å². The number of hydrogen-bond acceptors (Lipinski definition) is 5. The number of Topliss-reactive ketones (excluding diaryl/α,β-unsaturated/α-hetero) is 2. The molecule has 2 saturated heterocycles. The summed E-state index contributed by atoms with van der Waals surface area (Å²) >= 11 is 6.78. The molecule has 38 heavy (non-hydrogen) atoms. The van der Waals surface area contributed by atoms with Crippen LogP contribution in [0.2, 0.25) is 0 Å². The first-order chi connectivity index (χ1) is 18.3. The third-order valence-corrected chi connectivity index (χ3v) is 8.39. The van der Waals surface area contributed by atoms with E-state index >= 15 is 0 Å². The van der Waals surface area contributed by atoms with Crippen molar-refractivity contribution in [2.75, 3.05) is 4.90 Å². The molecule has 0 bridgehead atoms. The van der Waals surface area contributed by atoms with Gasteiger partial charge in [-0.15, -0.1) is 0 Å². The van der Waals surface area contributed by atoms with Crippen LogP contribution in [0.5, 0.6) is 0 Å². The molecule has 4 atom stereocenters. The van der Waals surface area contributed by atoms with E-state index in [0.717, 1.165) is 8.95 Å². The van der Waals surface area contributed by atoms with Crippen LogP contribution >= 0.6 is 31.9 Å². The third kappa shape index (κ3) is 3.99. The minimum atomic E-state index is -0.889. The van der Waals surface area contributed by atoms with Crippen molar-refractivity contribution in [2.24, 2.45) is 11.8 Å². The second kappa shape index (κ2) is 9.60. The number of fused-ring (bicyclic) bond motifs is 3. The highest BCUT2D eigenvalue weighted by Crippen LogP contribution is 2.47. The van der Waals surface area contributed by atoms with E-state index in [0.29, 0.717) is 22.4 Å². The lowest BCUT2D eigenvalue weighted by molar-refractivity contribution is -0.123. The lowest BCUT2D eigenvalue weighted by atomic mass is 9.85. The van der Waals surface area contributed by atoms with E-state index in [1.54, 1.807) is 96.0 Å². The summed E-state index contributed by atoms with van der Waals surface area (Å²) in [6.07, 6.45) is 5.08. The maximum absolute atomic E-state index is 13.9. The normalized spacial score (nSPS) is 23.8. The van der Waals surface area contributed by atoms with Crippen LogP contribution in [0.4, 0.5) is 5.69 Å². The summed E-state index contributed by atoms with van der Waals surface area (Å²) in [5.74, 6) is -2.91. The molecular formula is C30H20Br2N2O4. The Hall–Kier alpha value is -3.62. The molecule has 0 spiro atoms. The average Bonchev–Trinajstić information content (AvgIpc) is 3.41. The smallest absolute Gasteiger partial charge is 0.240 e. The monoisotopic (exact) mass is 630 g/mol. The fourth-order valence-corrected chi connectivity index (χ4v) is 6.11. The highest BCUT2D eigenvalue weighted by atomic mass is 79.9. The molecule has 6 rings (SSSR count). The maximum atomic E-state index is 13.9. The van der Waals surface area contributed by atoms with Crippen LogP contribution < -0.4 is 4.90 Å². The maximum Gasteiger partial charge on any atom is 0.240 e. The summed E-state index contributed by atoms with van der Waals surface area (Å²) in [6.45, 7) is 0. The summed E-state index contributed by atoms with van der Waals surface area (Å²) in [5.41, 5.74) is 1.85. The molecule has 6 nitrogen and oxygen atoms in total. The Kier molecular flexibility index (Phi) is 6.24. The lowest BCUT2D eigenvalue weighted by Crippen LogP contribution is -2.46. The Labute approximate surface area is 235 Å². The van der Waals surface area contributed by atoms with Gasteiger partial charge in [0, 0.05) is 31.8 Å². The van der Waals surface area contributed by atoms with Gasteiger partial charge < -0.3 is 4.90 Å². The number of benzene rings is 3. The largest absolute Gasteiger partial charge is 0.359 e. The second-order valence-electron chi connectivity index (χ2n) is 9.43. The minimum absolute atomic E-state index is 0.178. The zero-order chi connectivity index (χ0) is 26.6. The first-order valence-electron chi connectivity index (χ1n) is 12.1. The minimum Gasteiger partial charge on any atom is -0.359 e. The average molecular weight is 632 g/mol. The molecule has 0 saturated carbocycles. The quantitative estimate of drug-likeness (QED) is 0.271. The molecule has 0 aliphatic carbocycles. The van der Waals surface area contributed by atoms with E-state index in [2.05, 4.69) is 31.9 Å². The highest BCUT2D eigenvalue weighted by molar-refractivity contribution is 9.10. The number of imide groups is 1. The molecule has 188 valence electrons. The summed E-state index contributed by atoms with van der Waals surface area (Å²) in [7, 11) is 0. The van der Waals surface area contributed by atoms with Crippen LogP contribution in [0.25, 0.3) is 0 Å². The van der Waals surface area contributed by atoms with Gasteiger partial charge in [-0.1, -0.05) is 80.4 Å². The number of halogens is 2. The number of carbonyl (C=O) groups is 4. The number of amides is 2. The molecule has 2 fully saturated rings. The molecule has 3 aromatic carbocycles. The van der Waals surface area contributed by atoms with Gasteiger partial charge in [-0.05, 0) is 42.5 Å². The number of carbonyl (C=O) groups excluding carboxylic acids is 4. The molecule has 0 aromatic heterocycles. The first-order valence-corrected chi connectivity index (χ1v) is 13.6. The Morgan fingerprint density at radius 2 is 1.32 bits per heavy atom. The summed E-state index contributed by atoms with van der Waals surface area (Å²) in [6, 6.07) is 21.3. The highest BCUT2D eigenvalue weighted by Gasteiger charge is 2.63. The number of ketones is 2. The summed E-state index contributed by atoms with van der Waals surface area (Å²) < 4.78 is 1.65. The van der Waals surface area contributed by atoms with Crippen molar-refractivity contribution in [3.63, 3.8) is 0 Å². The Balaban J connectivity index is 1.43. The van der Waals surface area contributed by atoms with Crippen molar-refractivity contribution in [1.29, 1.82) is 0 Å². The van der Waals surface area contributed by atoms with Gasteiger partial charge in [0.2, 0.25) is 11.8 Å². The molecule has 3 aliphatic rings. The first kappa shape index (κ1) is 24.7. The van der Waals surface area contributed by atoms with Gasteiger partial charge in [-0.2, -0.15) is 0 Å². The Morgan fingerprint density at radius 1 is 0.711 bits per heavy atom. The molecule has 8 heteroatoms. The topological polar surface area (TPSA) is 74.8 Å². The van der Waals surface area contributed by atoms with E-state index in [9.17, 15) is 19.2 Å². The van der Waals surface area contributed by atoms with Crippen LogP contribution in [0.3, 0.4) is 0 Å². The Morgan fingerprint density at radius 3 is 1.97 bits per heavy atom. The van der Waals surface area contributed by atoms with Gasteiger partial charge in [0.25, 0.3) is 0 Å². The summed E-state index contributed by atoms with van der Waals surface area (Å²) in [5, 5.41) is 0. The van der Waals surface area contributed by atoms with E-state index in [1.807, 2.05) is 6.07 Å². The van der Waals surface area contributed by atoms with E-state index in [4.69, 9.17) is 0 Å². The van der Waals surface area contributed by atoms with Gasteiger partial charge in [0.1, 0.15) is 6.04 Å². The lowest BCUT2D eigenvalue weighted by Gasteiger charge is -2.32. The number of nitrogens with zero attached hydrogens (tertiary/aromatic N) is 2. The van der Waals surface area contributed by atoms with Crippen molar-refractivity contribution >= 4 is 60.9 Å². The molecule has 3 heterocycles. The number of allylic oxidation sites excluding steroid dienone is 2.